The number of aliphatic hydroxyl groups excluding tert-OH is 1. The highest BCUT2D eigenvalue weighted by atomic mass is 35.5. The molecule has 4 rings (SSSR count). The zero-order chi connectivity index (χ0) is 21.4. The molecule has 3 aromatic rings. The highest BCUT2D eigenvalue weighted by molar-refractivity contribution is 7.15. The fourth-order valence-electron chi connectivity index (χ4n) is 3.58. The number of aliphatic hydroxyl groups is 1. The molecule has 2 aromatic heterocycles. The van der Waals surface area contributed by atoms with Gasteiger partial charge in [0.25, 0.3) is 0 Å². The molecule has 0 fully saturated rings. The first-order valence-electron chi connectivity index (χ1n) is 9.64. The number of nitrogens with one attached hydrogen (secondary N) is 1. The maximum Gasteiger partial charge on any atom is 0.222 e. The van der Waals surface area contributed by atoms with Crippen LogP contribution in [0, 0.1) is 20.8 Å². The number of halogens is 1. The van der Waals surface area contributed by atoms with Gasteiger partial charge in [0.1, 0.15) is 16.9 Å². The summed E-state index contributed by atoms with van der Waals surface area (Å²) in [5.74, 6) is 1.19. The molecule has 156 valence electrons. The van der Waals surface area contributed by atoms with Gasteiger partial charge in [-0.2, -0.15) is 0 Å². The molecule has 1 aliphatic heterocycles. The second-order valence-electron chi connectivity index (χ2n) is 7.18. The number of fused-ring (bicyclic) bond motifs is 3. The van der Waals surface area contributed by atoms with Crippen LogP contribution in [0.4, 0.5) is 0 Å². The summed E-state index contributed by atoms with van der Waals surface area (Å²) in [6, 6.07) is 7.06. The largest absolute Gasteiger partial charge is 0.395 e. The number of aromatic nitrogens is 3. The third-order valence-corrected chi connectivity index (χ3v) is 6.61. The number of thiophene rings is 1. The molecule has 30 heavy (non-hydrogen) atoms. The van der Waals surface area contributed by atoms with Gasteiger partial charge in [-0.05, 0) is 38.5 Å². The van der Waals surface area contributed by atoms with E-state index in [1.165, 1.54) is 4.88 Å². The van der Waals surface area contributed by atoms with E-state index in [2.05, 4.69) is 29.4 Å². The van der Waals surface area contributed by atoms with Gasteiger partial charge in [0.2, 0.25) is 5.91 Å². The zero-order valence-electron chi connectivity index (χ0n) is 16.9. The molecular weight excluding hydrogens is 422 g/mol. The topological polar surface area (TPSA) is 92.4 Å². The standard InChI is InChI=1S/C21H22ClN5O2S/c1-11-12(2)30-21-18(11)19(14-4-6-15(22)7-5-14)24-16(10-17(29)23-8-9-28)20-26-25-13(3)27(20)21/h4-7,16,28H,8-10H2,1-3H3,(H,23,29)/t16-/m0/s1. The van der Waals surface area contributed by atoms with E-state index in [0.717, 1.165) is 33.2 Å². The minimum atomic E-state index is -0.505. The number of rotatable bonds is 5. The van der Waals surface area contributed by atoms with Crippen molar-refractivity contribution >= 4 is 34.6 Å². The molecule has 1 aromatic carbocycles. The van der Waals surface area contributed by atoms with Crippen molar-refractivity contribution in [3.8, 4) is 5.00 Å². The number of amides is 1. The van der Waals surface area contributed by atoms with Crippen molar-refractivity contribution in [3.05, 3.63) is 62.5 Å². The Bertz CT molecular complexity index is 1130. The van der Waals surface area contributed by atoms with Gasteiger partial charge in [0.05, 0.1) is 18.7 Å². The molecular formula is C21H22ClN5O2S. The lowest BCUT2D eigenvalue weighted by Crippen LogP contribution is -2.28. The molecule has 1 amide bonds. The molecule has 3 heterocycles. The molecule has 0 aliphatic carbocycles. The Kier molecular flexibility index (Phi) is 5.73. The average Bonchev–Trinajstić information content (AvgIpc) is 3.19. The minimum Gasteiger partial charge on any atom is -0.395 e. The van der Waals surface area contributed by atoms with Gasteiger partial charge in [-0.3, -0.25) is 14.4 Å². The number of hydrogen-bond donors (Lipinski definition) is 2. The Morgan fingerprint density at radius 1 is 1.23 bits per heavy atom. The number of aryl methyl sites for hydroxylation is 2. The van der Waals surface area contributed by atoms with E-state index < -0.39 is 6.04 Å². The second kappa shape index (κ2) is 8.29. The van der Waals surface area contributed by atoms with Crippen molar-refractivity contribution in [2.75, 3.05) is 13.2 Å². The van der Waals surface area contributed by atoms with E-state index in [-0.39, 0.29) is 25.5 Å². The van der Waals surface area contributed by atoms with Crippen molar-refractivity contribution in [2.45, 2.75) is 33.2 Å². The summed E-state index contributed by atoms with van der Waals surface area (Å²) in [7, 11) is 0. The van der Waals surface area contributed by atoms with Crippen molar-refractivity contribution in [2.24, 2.45) is 4.99 Å². The van der Waals surface area contributed by atoms with Crippen LogP contribution in [0.1, 0.15) is 45.7 Å². The van der Waals surface area contributed by atoms with Gasteiger partial charge >= 0.3 is 0 Å². The molecule has 9 heteroatoms. The molecule has 0 bridgehead atoms. The summed E-state index contributed by atoms with van der Waals surface area (Å²) < 4.78 is 2.01. The Hall–Kier alpha value is -2.55. The van der Waals surface area contributed by atoms with Crippen LogP contribution in [-0.2, 0) is 4.79 Å². The third-order valence-electron chi connectivity index (χ3n) is 5.17. The lowest BCUT2D eigenvalue weighted by atomic mass is 9.99. The highest BCUT2D eigenvalue weighted by Gasteiger charge is 2.32. The highest BCUT2D eigenvalue weighted by Crippen LogP contribution is 2.39. The summed E-state index contributed by atoms with van der Waals surface area (Å²) in [4.78, 5) is 18.7. The van der Waals surface area contributed by atoms with Gasteiger partial charge in [0.15, 0.2) is 5.82 Å². The Morgan fingerprint density at radius 2 is 1.97 bits per heavy atom. The van der Waals surface area contributed by atoms with Crippen molar-refractivity contribution in [1.29, 1.82) is 0 Å². The lowest BCUT2D eigenvalue weighted by Gasteiger charge is -2.12. The van der Waals surface area contributed by atoms with E-state index in [0.29, 0.717) is 10.8 Å². The quantitative estimate of drug-likeness (QED) is 0.632. The molecule has 2 N–H and O–H groups in total. The van der Waals surface area contributed by atoms with E-state index in [9.17, 15) is 4.79 Å². The first-order valence-corrected chi connectivity index (χ1v) is 10.8. The van der Waals surface area contributed by atoms with E-state index >= 15 is 0 Å². The summed E-state index contributed by atoms with van der Waals surface area (Å²) in [6.07, 6.45) is 0.113. The molecule has 7 nitrogen and oxygen atoms in total. The minimum absolute atomic E-state index is 0.110. The van der Waals surface area contributed by atoms with Crippen LogP contribution in [-0.4, -0.2) is 44.6 Å². The molecule has 0 radical (unpaired) electrons. The van der Waals surface area contributed by atoms with Crippen LogP contribution in [0.2, 0.25) is 5.02 Å². The summed E-state index contributed by atoms with van der Waals surface area (Å²) in [5.41, 5.74) is 3.92. The van der Waals surface area contributed by atoms with Crippen LogP contribution in [0.15, 0.2) is 29.3 Å². The molecule has 0 saturated carbocycles. The predicted molar refractivity (Wildman–Crippen MR) is 118 cm³/mol. The normalized spacial score (nSPS) is 15.2. The fraction of sp³-hybridized carbons (Fsp3) is 0.333. The lowest BCUT2D eigenvalue weighted by molar-refractivity contribution is -0.121. The molecule has 0 unspecified atom stereocenters. The smallest absolute Gasteiger partial charge is 0.222 e. The first-order chi connectivity index (χ1) is 14.4. The van der Waals surface area contributed by atoms with Gasteiger partial charge < -0.3 is 10.4 Å². The fourth-order valence-corrected chi connectivity index (χ4v) is 4.92. The van der Waals surface area contributed by atoms with Crippen molar-refractivity contribution in [1.82, 2.24) is 20.1 Å². The number of nitrogens with zero attached hydrogens (tertiary/aromatic N) is 4. The monoisotopic (exact) mass is 443 g/mol. The second-order valence-corrected chi connectivity index (χ2v) is 8.82. The van der Waals surface area contributed by atoms with E-state index in [4.69, 9.17) is 21.7 Å². The van der Waals surface area contributed by atoms with Gasteiger partial charge in [-0.15, -0.1) is 21.5 Å². The number of benzene rings is 1. The van der Waals surface area contributed by atoms with Crippen LogP contribution in [0.25, 0.3) is 5.00 Å². The van der Waals surface area contributed by atoms with Crippen LogP contribution >= 0.6 is 22.9 Å². The Labute approximate surface area is 183 Å². The van der Waals surface area contributed by atoms with E-state index in [1.807, 2.05) is 35.8 Å². The maximum absolute atomic E-state index is 12.5. The van der Waals surface area contributed by atoms with Crippen LogP contribution in [0.5, 0.6) is 0 Å². The zero-order valence-corrected chi connectivity index (χ0v) is 18.5. The van der Waals surface area contributed by atoms with Gasteiger partial charge in [0, 0.05) is 27.6 Å². The van der Waals surface area contributed by atoms with Crippen molar-refractivity contribution in [3.63, 3.8) is 0 Å². The summed E-state index contributed by atoms with van der Waals surface area (Å²) in [6.45, 7) is 6.18. The molecule has 0 saturated heterocycles. The predicted octanol–water partition coefficient (Wildman–Crippen LogP) is 3.30. The Morgan fingerprint density at radius 3 is 2.67 bits per heavy atom. The number of hydrogen-bond acceptors (Lipinski definition) is 6. The number of carbonyl (C=O) groups excluding carboxylic acids is 1. The average molecular weight is 444 g/mol. The molecule has 1 aliphatic rings. The number of carbonyl (C=O) groups is 1. The molecule has 1 atom stereocenters. The number of aliphatic imine (C=N–C) groups is 1. The Balaban J connectivity index is 1.91. The first kappa shape index (κ1) is 20.7. The van der Waals surface area contributed by atoms with Crippen LogP contribution < -0.4 is 5.32 Å². The van der Waals surface area contributed by atoms with E-state index in [1.54, 1.807) is 11.3 Å². The summed E-state index contributed by atoms with van der Waals surface area (Å²) >= 11 is 7.78. The van der Waals surface area contributed by atoms with Crippen molar-refractivity contribution < 1.29 is 9.90 Å². The maximum atomic E-state index is 12.5. The third kappa shape index (κ3) is 3.66. The molecule has 0 spiro atoms. The van der Waals surface area contributed by atoms with Crippen LogP contribution in [0.3, 0.4) is 0 Å². The van der Waals surface area contributed by atoms with Gasteiger partial charge in [-0.1, -0.05) is 23.7 Å². The SMILES string of the molecule is Cc1sc2c(c1C)C(c1ccc(Cl)cc1)=N[C@@H](CC(=O)NCCO)c1nnc(C)n1-2. The van der Waals surface area contributed by atoms with Gasteiger partial charge in [-0.25, -0.2) is 0 Å². The summed E-state index contributed by atoms with van der Waals surface area (Å²) in [5, 5.41) is 22.0.